The maximum atomic E-state index is 13.5. The van der Waals surface area contributed by atoms with E-state index in [9.17, 15) is 4.79 Å². The van der Waals surface area contributed by atoms with E-state index < -0.39 is 0 Å². The van der Waals surface area contributed by atoms with Gasteiger partial charge in [-0.15, -0.1) is 0 Å². The molecule has 2 atom stereocenters. The lowest BCUT2D eigenvalue weighted by Crippen LogP contribution is -2.41. The van der Waals surface area contributed by atoms with Gasteiger partial charge in [0.1, 0.15) is 0 Å². The van der Waals surface area contributed by atoms with Crippen molar-refractivity contribution in [3.63, 3.8) is 0 Å². The SMILES string of the molecule is COc1ncc(C(C)C)cc1CNC1CCN(C(=O)C2CCCCC2)C1c1ccccc1. The van der Waals surface area contributed by atoms with Crippen molar-refractivity contribution in [3.05, 3.63) is 59.3 Å². The molecule has 4 rings (SSSR count). The number of carbonyl (C=O) groups is 1. The fourth-order valence-corrected chi connectivity index (χ4v) is 5.28. The maximum Gasteiger partial charge on any atom is 0.226 e. The third-order valence-corrected chi connectivity index (χ3v) is 7.14. The topological polar surface area (TPSA) is 54.5 Å². The second kappa shape index (κ2) is 10.5. The molecule has 2 heterocycles. The molecular formula is C27H37N3O2. The van der Waals surface area contributed by atoms with Crippen molar-refractivity contribution in [1.29, 1.82) is 0 Å². The standard InChI is InChI=1S/C27H37N3O2/c1-19(2)22-16-23(26(32-3)29-17-22)18-28-24-14-15-30(25(24)20-10-6-4-7-11-20)27(31)21-12-8-5-9-13-21/h4,6-7,10-11,16-17,19,21,24-25,28H,5,8-9,12-15,18H2,1-3H3. The number of carbonyl (C=O) groups excluding carboxylic acids is 1. The Kier molecular flexibility index (Phi) is 7.46. The molecule has 1 aliphatic heterocycles. The summed E-state index contributed by atoms with van der Waals surface area (Å²) in [6, 6.07) is 13.0. The summed E-state index contributed by atoms with van der Waals surface area (Å²) in [5.74, 6) is 1.63. The predicted molar refractivity (Wildman–Crippen MR) is 128 cm³/mol. The summed E-state index contributed by atoms with van der Waals surface area (Å²) < 4.78 is 5.53. The summed E-state index contributed by atoms with van der Waals surface area (Å²) in [7, 11) is 1.67. The Morgan fingerprint density at radius 1 is 1.16 bits per heavy atom. The van der Waals surface area contributed by atoms with Crippen LogP contribution in [0.25, 0.3) is 0 Å². The van der Waals surface area contributed by atoms with Gasteiger partial charge in [-0.2, -0.15) is 0 Å². The minimum Gasteiger partial charge on any atom is -0.481 e. The molecule has 0 radical (unpaired) electrons. The van der Waals surface area contributed by atoms with Gasteiger partial charge in [-0.3, -0.25) is 4.79 Å². The Hall–Kier alpha value is -2.40. The van der Waals surface area contributed by atoms with Gasteiger partial charge in [0.25, 0.3) is 0 Å². The Labute approximate surface area is 192 Å². The molecule has 5 nitrogen and oxygen atoms in total. The van der Waals surface area contributed by atoms with Crippen LogP contribution in [0, 0.1) is 5.92 Å². The highest BCUT2D eigenvalue weighted by molar-refractivity contribution is 5.80. The largest absolute Gasteiger partial charge is 0.481 e. The zero-order valence-corrected chi connectivity index (χ0v) is 19.7. The Morgan fingerprint density at radius 3 is 2.59 bits per heavy atom. The smallest absolute Gasteiger partial charge is 0.226 e. The molecule has 1 N–H and O–H groups in total. The third-order valence-electron chi connectivity index (χ3n) is 7.14. The molecule has 1 aliphatic carbocycles. The second-order valence-corrected chi connectivity index (χ2v) is 9.59. The summed E-state index contributed by atoms with van der Waals surface area (Å²) in [6.07, 6.45) is 8.57. The van der Waals surface area contributed by atoms with Crippen LogP contribution in [0.2, 0.25) is 0 Å². The minimum absolute atomic E-state index is 0.0675. The van der Waals surface area contributed by atoms with Crippen molar-refractivity contribution < 1.29 is 9.53 Å². The third kappa shape index (κ3) is 4.98. The molecule has 172 valence electrons. The van der Waals surface area contributed by atoms with Gasteiger partial charge in [0, 0.05) is 36.8 Å². The predicted octanol–water partition coefficient (Wildman–Crippen LogP) is 5.23. The second-order valence-electron chi connectivity index (χ2n) is 9.59. The number of benzene rings is 1. The van der Waals surface area contributed by atoms with Gasteiger partial charge >= 0.3 is 0 Å². The molecule has 1 saturated heterocycles. The first kappa shape index (κ1) is 22.8. The van der Waals surface area contributed by atoms with Crippen LogP contribution in [0.3, 0.4) is 0 Å². The first-order valence-electron chi connectivity index (χ1n) is 12.2. The number of amides is 1. The normalized spacial score (nSPS) is 21.8. The Morgan fingerprint density at radius 2 is 1.91 bits per heavy atom. The Bertz CT molecular complexity index is 893. The van der Waals surface area contributed by atoms with Gasteiger partial charge in [-0.1, -0.05) is 63.4 Å². The molecule has 2 aromatic rings. The van der Waals surface area contributed by atoms with Gasteiger partial charge in [0.2, 0.25) is 11.8 Å². The zero-order chi connectivity index (χ0) is 22.5. The number of methoxy groups -OCH3 is 1. The van der Waals surface area contributed by atoms with E-state index in [0.29, 0.717) is 24.2 Å². The molecule has 1 amide bonds. The fraction of sp³-hybridized carbons (Fsp3) is 0.556. The van der Waals surface area contributed by atoms with Gasteiger partial charge in [0.05, 0.1) is 13.2 Å². The molecule has 1 aromatic heterocycles. The summed E-state index contributed by atoms with van der Waals surface area (Å²) in [4.78, 5) is 20.2. The van der Waals surface area contributed by atoms with E-state index >= 15 is 0 Å². The van der Waals surface area contributed by atoms with Crippen LogP contribution < -0.4 is 10.1 Å². The van der Waals surface area contributed by atoms with Crippen LogP contribution in [-0.2, 0) is 11.3 Å². The number of nitrogens with zero attached hydrogens (tertiary/aromatic N) is 2. The van der Waals surface area contributed by atoms with Gasteiger partial charge in [-0.05, 0) is 42.4 Å². The number of ether oxygens (including phenoxy) is 1. The summed E-state index contributed by atoms with van der Waals surface area (Å²) in [6.45, 7) is 5.85. The van der Waals surface area contributed by atoms with E-state index in [1.165, 1.54) is 30.4 Å². The van der Waals surface area contributed by atoms with Gasteiger partial charge in [0.15, 0.2) is 0 Å². The molecule has 5 heteroatoms. The Balaban J connectivity index is 1.54. The molecule has 0 spiro atoms. The first-order chi connectivity index (χ1) is 15.6. The number of nitrogens with one attached hydrogen (secondary N) is 1. The zero-order valence-electron chi connectivity index (χ0n) is 19.7. The van der Waals surface area contributed by atoms with E-state index in [1.807, 2.05) is 12.3 Å². The molecule has 0 bridgehead atoms. The highest BCUT2D eigenvalue weighted by Crippen LogP contribution is 2.36. The molecule has 2 fully saturated rings. The number of pyridine rings is 1. The number of likely N-dealkylation sites (tertiary alicyclic amines) is 1. The minimum atomic E-state index is 0.0675. The lowest BCUT2D eigenvalue weighted by atomic mass is 9.87. The first-order valence-corrected chi connectivity index (χ1v) is 12.2. The number of rotatable bonds is 7. The van der Waals surface area contributed by atoms with Crippen LogP contribution in [0.15, 0.2) is 42.6 Å². The van der Waals surface area contributed by atoms with Crippen molar-refractivity contribution in [2.75, 3.05) is 13.7 Å². The van der Waals surface area contributed by atoms with Crippen LogP contribution in [0.1, 0.15) is 81.0 Å². The van der Waals surface area contributed by atoms with Gasteiger partial charge < -0.3 is 15.0 Å². The van der Waals surface area contributed by atoms with E-state index in [1.54, 1.807) is 7.11 Å². The monoisotopic (exact) mass is 435 g/mol. The van der Waals surface area contributed by atoms with E-state index in [2.05, 4.69) is 59.4 Å². The molecule has 1 saturated carbocycles. The molecule has 2 unspecified atom stereocenters. The molecule has 1 aromatic carbocycles. The summed E-state index contributed by atoms with van der Waals surface area (Å²) in [5, 5.41) is 3.76. The lowest BCUT2D eigenvalue weighted by Gasteiger charge is -2.33. The average molecular weight is 436 g/mol. The van der Waals surface area contributed by atoms with E-state index in [4.69, 9.17) is 4.74 Å². The average Bonchev–Trinajstić information content (AvgIpc) is 3.27. The number of hydrogen-bond donors (Lipinski definition) is 1. The van der Waals surface area contributed by atoms with Crippen molar-refractivity contribution in [1.82, 2.24) is 15.2 Å². The number of hydrogen-bond acceptors (Lipinski definition) is 4. The lowest BCUT2D eigenvalue weighted by molar-refractivity contribution is -0.137. The quantitative estimate of drug-likeness (QED) is 0.647. The van der Waals surface area contributed by atoms with Crippen molar-refractivity contribution >= 4 is 5.91 Å². The highest BCUT2D eigenvalue weighted by Gasteiger charge is 2.40. The van der Waals surface area contributed by atoms with E-state index in [-0.39, 0.29) is 18.0 Å². The van der Waals surface area contributed by atoms with Crippen LogP contribution >= 0.6 is 0 Å². The highest BCUT2D eigenvalue weighted by atomic mass is 16.5. The fourth-order valence-electron chi connectivity index (χ4n) is 5.28. The van der Waals surface area contributed by atoms with Crippen LogP contribution in [0.5, 0.6) is 5.88 Å². The number of aromatic nitrogens is 1. The molecular weight excluding hydrogens is 398 g/mol. The molecule has 2 aliphatic rings. The van der Waals surface area contributed by atoms with Crippen molar-refractivity contribution in [2.45, 2.75) is 76.9 Å². The summed E-state index contributed by atoms with van der Waals surface area (Å²) >= 11 is 0. The van der Waals surface area contributed by atoms with E-state index in [0.717, 1.165) is 31.4 Å². The maximum absolute atomic E-state index is 13.5. The summed E-state index contributed by atoms with van der Waals surface area (Å²) in [5.41, 5.74) is 3.50. The molecule has 32 heavy (non-hydrogen) atoms. The van der Waals surface area contributed by atoms with Crippen LogP contribution in [-0.4, -0.2) is 35.5 Å². The van der Waals surface area contributed by atoms with Crippen LogP contribution in [0.4, 0.5) is 0 Å². The van der Waals surface area contributed by atoms with Gasteiger partial charge in [-0.25, -0.2) is 4.98 Å². The van der Waals surface area contributed by atoms with Crippen molar-refractivity contribution in [3.8, 4) is 5.88 Å². The van der Waals surface area contributed by atoms with Crippen molar-refractivity contribution in [2.24, 2.45) is 5.92 Å².